The molecule has 0 aliphatic carbocycles. The van der Waals surface area contributed by atoms with Gasteiger partial charge in [0.05, 0.1) is 25.4 Å². The molecule has 0 aromatic rings. The number of hydrogen-bond donors (Lipinski definition) is 4. The summed E-state index contributed by atoms with van der Waals surface area (Å²) in [5, 5.41) is 13.5. The Morgan fingerprint density at radius 2 is 1.28 bits per heavy atom. The zero-order chi connectivity index (χ0) is 31.9. The van der Waals surface area contributed by atoms with Gasteiger partial charge in [0.2, 0.25) is 5.91 Å². The van der Waals surface area contributed by atoms with E-state index in [1.54, 1.807) is 6.08 Å². The minimum Gasteiger partial charge on any atom is -0.387 e. The van der Waals surface area contributed by atoms with Crippen LogP contribution >= 0.6 is 7.82 Å². The first kappa shape index (κ1) is 41.7. The van der Waals surface area contributed by atoms with E-state index < -0.39 is 20.0 Å². The Balaban J connectivity index is 4.25. The number of allylic oxidation sites excluding steroid dienone is 5. The fraction of sp³-hybridized carbons (Fsp3) is 0.794. The van der Waals surface area contributed by atoms with Gasteiger partial charge in [0.25, 0.3) is 0 Å². The molecule has 0 heterocycles. The molecule has 0 aliphatic heterocycles. The number of nitrogens with two attached hydrogens (primary N) is 1. The van der Waals surface area contributed by atoms with Gasteiger partial charge in [0.1, 0.15) is 0 Å². The second-order valence-corrected chi connectivity index (χ2v) is 12.8. The molecule has 0 aromatic heterocycles. The van der Waals surface area contributed by atoms with Crippen LogP contribution in [0.4, 0.5) is 0 Å². The molecule has 0 aromatic carbocycles. The van der Waals surface area contributed by atoms with Crippen LogP contribution < -0.4 is 11.1 Å². The van der Waals surface area contributed by atoms with Gasteiger partial charge in [-0.25, -0.2) is 4.57 Å². The Hall–Kier alpha value is -1.28. The van der Waals surface area contributed by atoms with Crippen molar-refractivity contribution in [1.82, 2.24) is 5.32 Å². The molecule has 3 atom stereocenters. The summed E-state index contributed by atoms with van der Waals surface area (Å²) in [5.41, 5.74) is 5.32. The van der Waals surface area contributed by atoms with Gasteiger partial charge in [-0.05, 0) is 51.4 Å². The fourth-order valence-corrected chi connectivity index (χ4v) is 5.33. The SMILES string of the molecule is CCCCC/C=C\C/C=C\CCCCCCCCCC(=O)NC(COP(=O)(O)OCCN)C(O)/C=C/CCCCCCC. The molecule has 0 rings (SSSR count). The first-order valence-electron chi connectivity index (χ1n) is 17.1. The van der Waals surface area contributed by atoms with Crippen molar-refractivity contribution in [3.63, 3.8) is 0 Å². The summed E-state index contributed by atoms with van der Waals surface area (Å²) < 4.78 is 21.9. The lowest BCUT2D eigenvalue weighted by molar-refractivity contribution is -0.123. The van der Waals surface area contributed by atoms with E-state index in [1.165, 1.54) is 70.6 Å². The van der Waals surface area contributed by atoms with Crippen molar-refractivity contribution in [2.75, 3.05) is 19.8 Å². The number of unbranched alkanes of at least 4 members (excludes halogenated alkanes) is 15. The first-order valence-corrected chi connectivity index (χ1v) is 18.6. The van der Waals surface area contributed by atoms with Crippen LogP contribution in [0.15, 0.2) is 36.5 Å². The Kier molecular flexibility index (Phi) is 29.8. The second kappa shape index (κ2) is 30.7. The lowest BCUT2D eigenvalue weighted by atomic mass is 10.1. The third kappa shape index (κ3) is 29.2. The predicted molar refractivity (Wildman–Crippen MR) is 180 cm³/mol. The average molecular weight is 629 g/mol. The van der Waals surface area contributed by atoms with E-state index >= 15 is 0 Å². The lowest BCUT2D eigenvalue weighted by Crippen LogP contribution is -2.45. The number of aliphatic hydroxyl groups excluding tert-OH is 1. The van der Waals surface area contributed by atoms with Crippen LogP contribution in [0.25, 0.3) is 0 Å². The van der Waals surface area contributed by atoms with Crippen molar-refractivity contribution in [2.45, 2.75) is 154 Å². The van der Waals surface area contributed by atoms with Crippen LogP contribution in [0.3, 0.4) is 0 Å². The molecular formula is C34H65N2O6P. The molecule has 8 nitrogen and oxygen atoms in total. The van der Waals surface area contributed by atoms with Crippen LogP contribution in [0.1, 0.15) is 142 Å². The van der Waals surface area contributed by atoms with Gasteiger partial charge in [-0.1, -0.05) is 121 Å². The molecule has 3 unspecified atom stereocenters. The number of aliphatic hydroxyl groups is 1. The third-order valence-corrected chi connectivity index (χ3v) is 8.19. The summed E-state index contributed by atoms with van der Waals surface area (Å²) >= 11 is 0. The monoisotopic (exact) mass is 628 g/mol. The standard InChI is InChI=1S/C34H65N2O6P/c1-3-5-7-9-11-12-13-14-15-16-17-18-19-20-22-24-26-28-34(38)36-32(31-42-43(39,40)41-30-29-35)33(37)27-25-23-21-10-8-6-4-2/h11-12,14-15,25,27,32-33,37H,3-10,13,16-24,26,28-31,35H2,1-2H3,(H,36,38)(H,39,40)/b12-11-,15-14-,27-25+. The maximum atomic E-state index is 12.6. The Morgan fingerprint density at radius 1 is 0.767 bits per heavy atom. The molecule has 0 saturated heterocycles. The minimum absolute atomic E-state index is 0.0758. The molecule has 5 N–H and O–H groups in total. The van der Waals surface area contributed by atoms with Crippen molar-refractivity contribution in [3.05, 3.63) is 36.5 Å². The number of rotatable bonds is 31. The molecular weight excluding hydrogens is 563 g/mol. The van der Waals surface area contributed by atoms with E-state index in [-0.39, 0.29) is 25.7 Å². The van der Waals surface area contributed by atoms with Crippen LogP contribution in [0.2, 0.25) is 0 Å². The highest BCUT2D eigenvalue weighted by Crippen LogP contribution is 2.43. The van der Waals surface area contributed by atoms with Crippen LogP contribution in [-0.4, -0.2) is 47.8 Å². The Bertz CT molecular complexity index is 774. The normalized spacial score (nSPS) is 15.0. The van der Waals surface area contributed by atoms with Gasteiger partial charge in [-0.2, -0.15) is 0 Å². The summed E-state index contributed by atoms with van der Waals surface area (Å²) in [7, 11) is -4.32. The van der Waals surface area contributed by atoms with E-state index in [1.807, 2.05) is 6.08 Å². The zero-order valence-electron chi connectivity index (χ0n) is 27.4. The molecule has 0 radical (unpaired) electrons. The molecule has 0 bridgehead atoms. The van der Waals surface area contributed by atoms with E-state index in [4.69, 9.17) is 14.8 Å². The van der Waals surface area contributed by atoms with Gasteiger partial charge >= 0.3 is 7.82 Å². The first-order chi connectivity index (χ1) is 20.9. The molecule has 1 amide bonds. The predicted octanol–water partition coefficient (Wildman–Crippen LogP) is 8.43. The molecule has 0 saturated carbocycles. The van der Waals surface area contributed by atoms with Crippen LogP contribution in [-0.2, 0) is 18.4 Å². The van der Waals surface area contributed by atoms with Gasteiger partial charge < -0.3 is 21.1 Å². The largest absolute Gasteiger partial charge is 0.472 e. The van der Waals surface area contributed by atoms with E-state index in [0.29, 0.717) is 6.42 Å². The van der Waals surface area contributed by atoms with E-state index in [9.17, 15) is 19.4 Å². The van der Waals surface area contributed by atoms with Crippen molar-refractivity contribution >= 4 is 13.7 Å². The lowest BCUT2D eigenvalue weighted by Gasteiger charge is -2.23. The molecule has 0 spiro atoms. The molecule has 9 heteroatoms. The number of phosphoric acid groups is 1. The number of carbonyl (C=O) groups excluding carboxylic acids is 1. The van der Waals surface area contributed by atoms with Gasteiger partial charge in [0.15, 0.2) is 0 Å². The van der Waals surface area contributed by atoms with Crippen molar-refractivity contribution in [3.8, 4) is 0 Å². The average Bonchev–Trinajstić information content (AvgIpc) is 2.99. The highest BCUT2D eigenvalue weighted by atomic mass is 31.2. The molecule has 252 valence electrons. The zero-order valence-corrected chi connectivity index (χ0v) is 28.3. The quantitative estimate of drug-likeness (QED) is 0.0344. The van der Waals surface area contributed by atoms with Crippen molar-refractivity contribution < 1.29 is 28.4 Å². The number of phosphoric ester groups is 1. The van der Waals surface area contributed by atoms with Gasteiger partial charge in [-0.15, -0.1) is 0 Å². The highest BCUT2D eigenvalue weighted by molar-refractivity contribution is 7.47. The number of hydrogen-bond acceptors (Lipinski definition) is 6. The Morgan fingerprint density at radius 3 is 1.88 bits per heavy atom. The molecule has 0 aliphatic rings. The van der Waals surface area contributed by atoms with Gasteiger partial charge in [0, 0.05) is 13.0 Å². The minimum atomic E-state index is -4.32. The van der Waals surface area contributed by atoms with E-state index in [0.717, 1.165) is 51.4 Å². The topological polar surface area (TPSA) is 131 Å². The highest BCUT2D eigenvalue weighted by Gasteiger charge is 2.26. The summed E-state index contributed by atoms with van der Waals surface area (Å²) in [6.45, 7) is 4.01. The second-order valence-electron chi connectivity index (χ2n) is 11.4. The maximum Gasteiger partial charge on any atom is 0.472 e. The molecule has 43 heavy (non-hydrogen) atoms. The molecule has 0 fully saturated rings. The Labute approximate surface area is 263 Å². The maximum absolute atomic E-state index is 12.6. The summed E-state index contributed by atoms with van der Waals surface area (Å²) in [5.74, 6) is -0.209. The summed E-state index contributed by atoms with van der Waals surface area (Å²) in [4.78, 5) is 22.4. The fourth-order valence-electron chi connectivity index (χ4n) is 4.57. The smallest absolute Gasteiger partial charge is 0.387 e. The van der Waals surface area contributed by atoms with Crippen molar-refractivity contribution in [2.24, 2.45) is 5.73 Å². The number of nitrogens with one attached hydrogen (secondary N) is 1. The van der Waals surface area contributed by atoms with Crippen LogP contribution in [0, 0.1) is 0 Å². The summed E-state index contributed by atoms with van der Waals surface area (Å²) in [6, 6.07) is -0.860. The van der Waals surface area contributed by atoms with E-state index in [2.05, 4.69) is 43.5 Å². The van der Waals surface area contributed by atoms with Crippen LogP contribution in [0.5, 0.6) is 0 Å². The number of amides is 1. The summed E-state index contributed by atoms with van der Waals surface area (Å²) in [6.07, 6.45) is 33.4. The van der Waals surface area contributed by atoms with Crippen molar-refractivity contribution in [1.29, 1.82) is 0 Å². The van der Waals surface area contributed by atoms with Gasteiger partial charge in [-0.3, -0.25) is 13.8 Å². The number of carbonyl (C=O) groups is 1. The third-order valence-electron chi connectivity index (χ3n) is 7.21.